The Hall–Kier alpha value is -1.34. The van der Waals surface area contributed by atoms with E-state index < -0.39 is 10.0 Å². The van der Waals surface area contributed by atoms with E-state index in [1.807, 2.05) is 34.8 Å². The molecule has 0 unspecified atom stereocenters. The monoisotopic (exact) mass is 327 g/mol. The van der Waals surface area contributed by atoms with Crippen molar-refractivity contribution in [1.82, 2.24) is 13.8 Å². The lowest BCUT2D eigenvalue weighted by Gasteiger charge is -2.31. The summed E-state index contributed by atoms with van der Waals surface area (Å²) in [5, 5.41) is 0. The van der Waals surface area contributed by atoms with E-state index >= 15 is 0 Å². The van der Waals surface area contributed by atoms with Crippen LogP contribution in [0.3, 0.4) is 0 Å². The van der Waals surface area contributed by atoms with Gasteiger partial charge >= 0.3 is 0 Å². The highest BCUT2D eigenvalue weighted by molar-refractivity contribution is 7.88. The molecule has 2 rings (SSSR count). The highest BCUT2D eigenvalue weighted by Gasteiger charge is 2.29. The molecule has 1 fully saturated rings. The summed E-state index contributed by atoms with van der Waals surface area (Å²) in [6.07, 6.45) is 7.18. The number of nitrogens with zero attached hydrogens (tertiary/aromatic N) is 3. The van der Waals surface area contributed by atoms with Crippen LogP contribution in [0.4, 0.5) is 0 Å². The number of rotatable bonds is 4. The lowest BCUT2D eigenvalue weighted by Crippen LogP contribution is -2.42. The average Bonchev–Trinajstić information content (AvgIpc) is 2.71. The lowest BCUT2D eigenvalue weighted by molar-refractivity contribution is -0.133. The molecular weight excluding hydrogens is 302 g/mol. The van der Waals surface area contributed by atoms with E-state index in [-0.39, 0.29) is 18.5 Å². The van der Waals surface area contributed by atoms with E-state index in [1.54, 1.807) is 0 Å². The second-order valence-electron chi connectivity index (χ2n) is 6.02. The molecule has 1 atom stereocenters. The minimum atomic E-state index is -3.34. The summed E-state index contributed by atoms with van der Waals surface area (Å²) in [5.74, 6) is -0.124. The fourth-order valence-corrected chi connectivity index (χ4v) is 3.28. The number of aryl methyl sites for hydroxylation is 1. The van der Waals surface area contributed by atoms with Crippen molar-refractivity contribution in [2.24, 2.45) is 7.05 Å². The molecular formula is C15H25N3O3S. The van der Waals surface area contributed by atoms with Crippen LogP contribution in [-0.2, 0) is 21.9 Å². The van der Waals surface area contributed by atoms with Crippen molar-refractivity contribution in [2.75, 3.05) is 26.4 Å². The number of likely N-dealkylation sites (N-methyl/N-ethyl adjacent to an activating group) is 1. The van der Waals surface area contributed by atoms with Crippen LogP contribution in [0, 0.1) is 0 Å². The molecule has 1 aromatic rings. The highest BCUT2D eigenvalue weighted by atomic mass is 32.2. The minimum Gasteiger partial charge on any atom is -0.353 e. The molecule has 6 nitrogen and oxygen atoms in total. The van der Waals surface area contributed by atoms with Gasteiger partial charge in [0.25, 0.3) is 0 Å². The van der Waals surface area contributed by atoms with Gasteiger partial charge in [0.15, 0.2) is 0 Å². The molecule has 22 heavy (non-hydrogen) atoms. The molecule has 0 bridgehead atoms. The number of sulfonamides is 1. The fraction of sp³-hybridized carbons (Fsp3) is 0.667. The van der Waals surface area contributed by atoms with Gasteiger partial charge in [0.1, 0.15) is 0 Å². The van der Waals surface area contributed by atoms with E-state index in [0.717, 1.165) is 41.9 Å². The number of hydrogen-bond acceptors (Lipinski definition) is 3. The number of aromatic nitrogens is 1. The molecule has 0 saturated carbocycles. The summed E-state index contributed by atoms with van der Waals surface area (Å²) in [6, 6.07) is 4.05. The number of carbonyl (C=O) groups excluding carboxylic acids is 1. The van der Waals surface area contributed by atoms with Gasteiger partial charge < -0.3 is 9.47 Å². The Balaban J connectivity index is 2.20. The molecule has 7 heteroatoms. The molecule has 0 spiro atoms. The molecule has 0 aliphatic carbocycles. The molecule has 124 valence electrons. The summed E-state index contributed by atoms with van der Waals surface area (Å²) in [7, 11) is 0.0802. The van der Waals surface area contributed by atoms with Gasteiger partial charge in [0.05, 0.1) is 18.8 Å². The zero-order valence-electron chi connectivity index (χ0n) is 13.5. The summed E-state index contributed by atoms with van der Waals surface area (Å²) in [5.41, 5.74) is 1.11. The lowest BCUT2D eigenvalue weighted by atomic mass is 10.1. The molecule has 1 aliphatic rings. The maximum absolute atomic E-state index is 12.6. The molecule has 2 heterocycles. The Kier molecular flexibility index (Phi) is 5.28. The van der Waals surface area contributed by atoms with Crippen molar-refractivity contribution < 1.29 is 13.2 Å². The zero-order chi connectivity index (χ0) is 16.3. The standard InChI is InChI=1S/C15H25N3O3S/c1-16-10-7-9-13(16)14-8-5-4-6-11-18(14)15(19)12-17(2)22(3,20)21/h7,9-10,14H,4-6,8,11-12H2,1-3H3/t14-/m1/s1. The van der Waals surface area contributed by atoms with Crippen molar-refractivity contribution in [3.63, 3.8) is 0 Å². The largest absolute Gasteiger partial charge is 0.353 e. The fourth-order valence-electron chi connectivity index (χ4n) is 2.93. The molecule has 1 aromatic heterocycles. The Morgan fingerprint density at radius 1 is 1.36 bits per heavy atom. The second-order valence-corrected chi connectivity index (χ2v) is 8.10. The topological polar surface area (TPSA) is 62.6 Å². The van der Waals surface area contributed by atoms with Gasteiger partial charge in [-0.2, -0.15) is 4.31 Å². The molecule has 0 N–H and O–H groups in total. The third kappa shape index (κ3) is 3.89. The Labute approximate surface area is 132 Å². The van der Waals surface area contributed by atoms with Gasteiger partial charge in [-0.25, -0.2) is 8.42 Å². The first-order valence-corrected chi connectivity index (χ1v) is 9.47. The second kappa shape index (κ2) is 6.83. The van der Waals surface area contributed by atoms with Crippen LogP contribution in [0.2, 0.25) is 0 Å². The van der Waals surface area contributed by atoms with Gasteiger partial charge in [-0.15, -0.1) is 0 Å². The van der Waals surface area contributed by atoms with E-state index in [0.29, 0.717) is 6.54 Å². The highest BCUT2D eigenvalue weighted by Crippen LogP contribution is 2.30. The summed E-state index contributed by atoms with van der Waals surface area (Å²) in [6.45, 7) is 0.589. The average molecular weight is 327 g/mol. The first-order chi connectivity index (χ1) is 10.3. The summed E-state index contributed by atoms with van der Waals surface area (Å²) >= 11 is 0. The smallest absolute Gasteiger partial charge is 0.238 e. The van der Waals surface area contributed by atoms with Crippen LogP contribution >= 0.6 is 0 Å². The number of carbonyl (C=O) groups is 1. The van der Waals surface area contributed by atoms with Crippen molar-refractivity contribution in [1.29, 1.82) is 0 Å². The number of likely N-dealkylation sites (tertiary alicyclic amines) is 1. The van der Waals surface area contributed by atoms with E-state index in [2.05, 4.69) is 0 Å². The Bertz CT molecular complexity index is 624. The van der Waals surface area contributed by atoms with Crippen molar-refractivity contribution in [3.8, 4) is 0 Å². The predicted octanol–water partition coefficient (Wildman–Crippen LogP) is 1.36. The van der Waals surface area contributed by atoms with Crippen LogP contribution in [0.5, 0.6) is 0 Å². The molecule has 1 aliphatic heterocycles. The molecule has 0 radical (unpaired) electrons. The first kappa shape index (κ1) is 17.0. The first-order valence-electron chi connectivity index (χ1n) is 7.62. The van der Waals surface area contributed by atoms with E-state index in [1.165, 1.54) is 7.05 Å². The van der Waals surface area contributed by atoms with Crippen LogP contribution in [0.25, 0.3) is 0 Å². The van der Waals surface area contributed by atoms with Gasteiger partial charge in [0.2, 0.25) is 15.9 Å². The minimum absolute atomic E-state index is 0.0305. The zero-order valence-corrected chi connectivity index (χ0v) is 14.3. The predicted molar refractivity (Wildman–Crippen MR) is 85.8 cm³/mol. The molecule has 1 amide bonds. The van der Waals surface area contributed by atoms with E-state index in [4.69, 9.17) is 0 Å². The number of amides is 1. The van der Waals surface area contributed by atoms with Gasteiger partial charge in [-0.1, -0.05) is 12.8 Å². The van der Waals surface area contributed by atoms with E-state index in [9.17, 15) is 13.2 Å². The quantitative estimate of drug-likeness (QED) is 0.839. The summed E-state index contributed by atoms with van der Waals surface area (Å²) in [4.78, 5) is 14.5. The van der Waals surface area contributed by atoms with Crippen LogP contribution in [-0.4, -0.2) is 54.5 Å². The van der Waals surface area contributed by atoms with Crippen LogP contribution < -0.4 is 0 Å². The molecule has 0 aromatic carbocycles. The van der Waals surface area contributed by atoms with Gasteiger partial charge in [0, 0.05) is 32.5 Å². The normalized spacial score (nSPS) is 20.2. The molecule has 1 saturated heterocycles. The third-order valence-corrected chi connectivity index (χ3v) is 5.58. The third-order valence-electron chi connectivity index (χ3n) is 4.32. The Morgan fingerprint density at radius 2 is 2.09 bits per heavy atom. The van der Waals surface area contributed by atoms with Crippen LogP contribution in [0.15, 0.2) is 18.3 Å². The number of hydrogen-bond donors (Lipinski definition) is 0. The maximum atomic E-state index is 12.6. The van der Waals surface area contributed by atoms with Crippen molar-refractivity contribution in [3.05, 3.63) is 24.0 Å². The van der Waals surface area contributed by atoms with Crippen LogP contribution in [0.1, 0.15) is 37.4 Å². The van der Waals surface area contributed by atoms with Gasteiger partial charge in [-0.05, 0) is 25.0 Å². The van der Waals surface area contributed by atoms with Crippen molar-refractivity contribution in [2.45, 2.75) is 31.7 Å². The Morgan fingerprint density at radius 3 is 2.68 bits per heavy atom. The maximum Gasteiger partial charge on any atom is 0.238 e. The van der Waals surface area contributed by atoms with Crippen molar-refractivity contribution >= 4 is 15.9 Å². The SMILES string of the molecule is CN(CC(=O)N1CCCCC[C@@H]1c1cccn1C)S(C)(=O)=O. The summed E-state index contributed by atoms with van der Waals surface area (Å²) < 4.78 is 26.2. The van der Waals surface area contributed by atoms with Gasteiger partial charge in [-0.3, -0.25) is 4.79 Å².